The Morgan fingerprint density at radius 3 is 1.30 bits per heavy atom. The van der Waals surface area contributed by atoms with Gasteiger partial charge in [-0.2, -0.15) is 0 Å². The lowest BCUT2D eigenvalue weighted by Crippen LogP contribution is -2.67. The first-order valence-electron chi connectivity index (χ1n) is 33.7. The SMILES string of the molecule is C.C.C.C.C#C[C@]1(O)[C@H](N2C=CC(=O)CC2=O)O[C@](F)(CO)[C@H]1O.CC(C)[Si]1(C(C)C)OC[C@@]2(F)O[C@@H](n3ccc(=O)[nH]c3=O)C(=O)[C@@H]2O[Si](C(C)C)(C(C)C)O1.CC(C)[Si]1(C(C)C)OC[C@@]2(F)O[C@@H](n3ccc(=O)[nH]c3=O)[C@H](O)[C@@H]2O[Si](C(C)C)(C(C)C)O1.O=c1ccn([C@@H]2O[C@](F)(CO)[C@@H](O)[C@H]2O)c(=O)[nH]1. The Labute approximate surface area is 627 Å². The minimum Gasteiger partial charge on any atom is -0.414 e. The summed E-state index contributed by atoms with van der Waals surface area (Å²) < 4.78 is 124. The number of carbonyl (C=O) groups is 3. The highest BCUT2D eigenvalue weighted by Crippen LogP contribution is 2.54. The highest BCUT2D eigenvalue weighted by atomic mass is 28.5. The fraction of sp³-hybridized carbons (Fsp3) is 0.716. The maximum atomic E-state index is 16.5. The molecule has 6 fully saturated rings. The largest absolute Gasteiger partial charge is 0.414 e. The zero-order chi connectivity index (χ0) is 78.5. The molecule has 33 nitrogen and oxygen atoms in total. The van der Waals surface area contributed by atoms with Crippen LogP contribution < -0.4 is 33.7 Å². The molecule has 0 radical (unpaired) electrons. The van der Waals surface area contributed by atoms with Crippen molar-refractivity contribution in [1.82, 2.24) is 33.6 Å². The fourth-order valence-electron chi connectivity index (χ4n) is 13.6. The topological polar surface area (TPSA) is 453 Å². The predicted molar refractivity (Wildman–Crippen MR) is 392 cm³/mol. The van der Waals surface area contributed by atoms with E-state index in [1.165, 1.54) is 6.20 Å². The van der Waals surface area contributed by atoms with E-state index < -0.39 is 209 Å². The Morgan fingerprint density at radius 1 is 0.537 bits per heavy atom. The van der Waals surface area contributed by atoms with Crippen molar-refractivity contribution in [2.24, 2.45) is 0 Å². The maximum absolute atomic E-state index is 16.5. The number of nitrogens with one attached hydrogen (secondary N) is 3. The number of terminal acetylenes is 1. The summed E-state index contributed by atoms with van der Waals surface area (Å²) in [6.07, 6.45) is -6.99. The van der Waals surface area contributed by atoms with Crippen molar-refractivity contribution < 1.29 is 113 Å². The van der Waals surface area contributed by atoms with Crippen LogP contribution in [-0.4, -0.2) is 219 Å². The number of halogens is 4. The van der Waals surface area contributed by atoms with E-state index in [2.05, 4.69) is 14.7 Å². The van der Waals surface area contributed by atoms with Gasteiger partial charge in [-0.15, -0.1) is 6.42 Å². The molecule has 614 valence electrons. The van der Waals surface area contributed by atoms with Crippen molar-refractivity contribution in [3.05, 3.63) is 112 Å². The lowest BCUT2D eigenvalue weighted by Gasteiger charge is -2.52. The number of hydrogen-bond donors (Lipinski definition) is 10. The van der Waals surface area contributed by atoms with Crippen LogP contribution in [0, 0.1) is 12.3 Å². The van der Waals surface area contributed by atoms with E-state index in [1.807, 2.05) is 116 Å². The molecule has 1 amide bonds. The van der Waals surface area contributed by atoms with Crippen molar-refractivity contribution in [1.29, 1.82) is 0 Å². The summed E-state index contributed by atoms with van der Waals surface area (Å²) in [7, 11) is -12.5. The lowest BCUT2D eigenvalue weighted by atomic mass is 9.93. The van der Waals surface area contributed by atoms with Crippen molar-refractivity contribution >= 4 is 51.7 Å². The van der Waals surface area contributed by atoms with Gasteiger partial charge in [0.15, 0.2) is 36.7 Å². The van der Waals surface area contributed by atoms with Gasteiger partial charge in [-0.3, -0.25) is 62.3 Å². The van der Waals surface area contributed by atoms with Crippen LogP contribution in [-0.2, 0) is 59.3 Å². The molecule has 0 aromatic carbocycles. The highest BCUT2D eigenvalue weighted by Gasteiger charge is 2.70. The summed E-state index contributed by atoms with van der Waals surface area (Å²) in [4.78, 5) is 113. The van der Waals surface area contributed by atoms with Gasteiger partial charge in [-0.25, -0.2) is 31.9 Å². The lowest BCUT2D eigenvalue weighted by molar-refractivity contribution is -0.212. The summed E-state index contributed by atoms with van der Waals surface area (Å²) in [5.74, 6) is -11.2. The van der Waals surface area contributed by atoms with Crippen LogP contribution in [0.15, 0.2) is 77.8 Å². The molecule has 41 heteroatoms. The highest BCUT2D eigenvalue weighted by molar-refractivity contribution is 6.84. The molecule has 3 aromatic rings. The molecule has 108 heavy (non-hydrogen) atoms. The van der Waals surface area contributed by atoms with E-state index in [4.69, 9.17) is 56.8 Å². The molecular formula is C67H111F4N7O26Si4. The molecule has 3 aromatic heterocycles. The first kappa shape index (κ1) is 96.3. The number of carbonyl (C=O) groups excluding carboxylic acids is 3. The number of aromatic nitrogens is 6. The number of amides is 1. The van der Waals surface area contributed by atoms with Gasteiger partial charge in [0.25, 0.3) is 40.1 Å². The second-order valence-corrected chi connectivity index (χ2v) is 46.6. The average Bonchev–Trinajstić information content (AvgIpc) is 1.52. The molecule has 10 heterocycles. The van der Waals surface area contributed by atoms with E-state index >= 15 is 8.78 Å². The minimum atomic E-state index is -3.26. The smallest absolute Gasteiger partial charge is 0.335 e. The van der Waals surface area contributed by atoms with E-state index in [1.54, 1.807) is 5.92 Å². The Morgan fingerprint density at radius 2 is 0.926 bits per heavy atom. The molecule has 10 rings (SSSR count). The van der Waals surface area contributed by atoms with Gasteiger partial charge < -0.3 is 80.6 Å². The van der Waals surface area contributed by atoms with Gasteiger partial charge in [0, 0.05) is 43.0 Å². The van der Waals surface area contributed by atoms with Gasteiger partial charge >= 0.3 is 51.3 Å². The number of fused-ring (bicyclic) bond motifs is 2. The van der Waals surface area contributed by atoms with Crippen LogP contribution in [0.5, 0.6) is 0 Å². The third-order valence-corrected chi connectivity index (χ3v) is 39.8. The molecule has 7 aliphatic heterocycles. The van der Waals surface area contributed by atoms with Crippen molar-refractivity contribution in [2.45, 2.75) is 282 Å². The minimum absolute atomic E-state index is 0. The predicted octanol–water partition coefficient (Wildman–Crippen LogP) is 4.34. The van der Waals surface area contributed by atoms with Crippen molar-refractivity contribution in [3.63, 3.8) is 0 Å². The number of rotatable bonds is 14. The van der Waals surface area contributed by atoms with Gasteiger partial charge in [-0.1, -0.05) is 146 Å². The number of Topliss-reactive ketones (excluding diaryl/α,β-unsaturated/α-hetero) is 1. The third-order valence-electron chi connectivity index (χ3n) is 19.4. The number of nitrogens with zero attached hydrogens (tertiary/aromatic N) is 4. The molecule has 15 atom stereocenters. The molecule has 0 bridgehead atoms. The summed E-state index contributed by atoms with van der Waals surface area (Å²) in [5, 5.41) is 67.7. The van der Waals surface area contributed by atoms with E-state index in [9.17, 15) is 77.5 Å². The first-order valence-corrected chi connectivity index (χ1v) is 41.6. The van der Waals surface area contributed by atoms with Crippen LogP contribution >= 0.6 is 0 Å². The standard InChI is InChI=1S/C21H37FN2O7Si2.C21H35FN2O7Si2.C12H12FNO6.C9H11FN2O6.4CH4/c2*1-12(2)32(13(3)4)28-11-21(22)18(30-33(31-32,14(5)6)15(7)8)17(26)19(29-21)24-10-9-16(25)23-20(24)27;1-2-11(19)9(18)12(13,6-15)20-10(11)14-4-3-7(16)5-8(14)17;10-9(3-13)6(16)5(15)7(18-9)12-2-1-4(14)11-8(12)17;;;;/h9-10,12-15,17-19,26H,11H2,1-8H3,(H,23,25,27);9-10,12-15,18-19H,11H2,1-8H3,(H,23,25,27);1,3-4,9-10,15,18-19H,5-6H2;1-2,5-7,13,15-16H,3H2,(H,11,14,17);4*1H4/t17-,18+,19-,21-;18-,19+,21+;9-,10+,11+,12+;5-,6+,7-,9-;;;;/m1001..../s1. The van der Waals surface area contributed by atoms with E-state index in [-0.39, 0.29) is 74.0 Å². The zero-order valence-electron chi connectivity index (χ0n) is 60.3. The number of aromatic amines is 3. The van der Waals surface area contributed by atoms with Crippen LogP contribution in [0.2, 0.25) is 44.3 Å². The monoisotopic (exact) mass is 1620 g/mol. The molecule has 7 aliphatic rings. The normalized spacial score (nSPS) is 32.3. The van der Waals surface area contributed by atoms with E-state index in [0.717, 1.165) is 56.9 Å². The van der Waals surface area contributed by atoms with Crippen molar-refractivity contribution in [2.75, 3.05) is 26.4 Å². The molecule has 6 saturated heterocycles. The Balaban J connectivity index is 0.000000380. The fourth-order valence-corrected chi connectivity index (χ4v) is 36.0. The quantitative estimate of drug-likeness (QED) is 0.0464. The third kappa shape index (κ3) is 17.8. The Hall–Kier alpha value is -5.94. The molecule has 0 aliphatic carbocycles. The number of hydrogen-bond acceptors (Lipinski definition) is 26. The summed E-state index contributed by atoms with van der Waals surface area (Å²) in [5.41, 5.74) is -7.47. The Bertz CT molecular complexity index is 4030. The number of allylic oxidation sites excluding steroid dienone is 1. The molecule has 0 saturated carbocycles. The van der Waals surface area contributed by atoms with Gasteiger partial charge in [0.05, 0.1) is 19.6 Å². The second-order valence-electron chi connectivity index (χ2n) is 28.9. The van der Waals surface area contributed by atoms with Crippen LogP contribution in [0.25, 0.3) is 0 Å². The number of ether oxygens (including phenoxy) is 4. The van der Waals surface area contributed by atoms with E-state index in [0.29, 0.717) is 4.57 Å². The summed E-state index contributed by atoms with van der Waals surface area (Å²) in [6.45, 7) is 28.3. The van der Waals surface area contributed by atoms with Gasteiger partial charge in [0.2, 0.25) is 23.5 Å². The number of alkyl halides is 4. The van der Waals surface area contributed by atoms with Crippen LogP contribution in [0.3, 0.4) is 0 Å². The summed E-state index contributed by atoms with van der Waals surface area (Å²) >= 11 is 0. The van der Waals surface area contributed by atoms with Crippen LogP contribution in [0.4, 0.5) is 17.6 Å². The summed E-state index contributed by atoms with van der Waals surface area (Å²) in [6, 6.07) is 3.15. The molecule has 10 N–H and O–H groups in total. The molecular weight excluding hydrogens is 1510 g/mol. The van der Waals surface area contributed by atoms with Crippen molar-refractivity contribution in [3.8, 4) is 12.3 Å². The van der Waals surface area contributed by atoms with Crippen LogP contribution in [0.1, 0.15) is 166 Å². The number of aliphatic hydroxyl groups is 7. The number of ketones is 2. The maximum Gasteiger partial charge on any atom is 0.335 e. The molecule has 0 spiro atoms. The number of aliphatic hydroxyl groups excluding tert-OH is 6. The van der Waals surface area contributed by atoms with Gasteiger partial charge in [-0.05, 0) is 50.4 Å². The zero-order valence-corrected chi connectivity index (χ0v) is 64.3. The second kappa shape index (κ2) is 35.8. The average molecular weight is 1620 g/mol. The first-order chi connectivity index (χ1) is 48.1. The van der Waals surface area contributed by atoms with Gasteiger partial charge in [0.1, 0.15) is 37.6 Å². The number of H-pyrrole nitrogens is 3. The molecule has 0 unspecified atom stereocenters. The Kier molecular flexibility index (Phi) is 31.9.